The molecule has 1 saturated heterocycles. The molecule has 1 atom stereocenters. The molecule has 27 heavy (non-hydrogen) atoms. The van der Waals surface area contributed by atoms with E-state index in [2.05, 4.69) is 46.4 Å². The predicted molar refractivity (Wildman–Crippen MR) is 110 cm³/mol. The van der Waals surface area contributed by atoms with Crippen molar-refractivity contribution in [3.05, 3.63) is 33.4 Å². The van der Waals surface area contributed by atoms with E-state index in [0.717, 1.165) is 39.0 Å². The monoisotopic (exact) mass is 598 g/mol. The van der Waals surface area contributed by atoms with E-state index in [1.807, 2.05) is 18.2 Å². The van der Waals surface area contributed by atoms with E-state index < -0.39 is 0 Å². The second-order valence-electron chi connectivity index (χ2n) is 7.26. The summed E-state index contributed by atoms with van der Waals surface area (Å²) in [5, 5.41) is 17.5. The number of rotatable bonds is 8. The summed E-state index contributed by atoms with van der Waals surface area (Å²) in [7, 11) is 0. The van der Waals surface area contributed by atoms with E-state index in [-0.39, 0.29) is 40.5 Å². The summed E-state index contributed by atoms with van der Waals surface area (Å²) in [4.78, 5) is 15.1. The topological polar surface area (TPSA) is 89.5 Å². The molecule has 0 aromatic rings. The number of amides is 1. The molecule has 3 aliphatic rings. The molecular formula is C18H26I2N5O2-. The summed E-state index contributed by atoms with van der Waals surface area (Å²) in [6.07, 6.45) is 9.18. The van der Waals surface area contributed by atoms with Crippen molar-refractivity contribution in [2.45, 2.75) is 25.9 Å². The average molecular weight is 598 g/mol. The Hall–Kier alpha value is -0.820. The summed E-state index contributed by atoms with van der Waals surface area (Å²) < 4.78 is 7.20. The van der Waals surface area contributed by atoms with Gasteiger partial charge in [-0.2, -0.15) is 0 Å². The number of hydrogen-bond acceptors (Lipinski definition) is 6. The normalized spacial score (nSPS) is 24.4. The van der Waals surface area contributed by atoms with Crippen LogP contribution in [0, 0.1) is 10.8 Å². The molecule has 1 aliphatic carbocycles. The van der Waals surface area contributed by atoms with Gasteiger partial charge in [-0.25, -0.2) is 0 Å². The van der Waals surface area contributed by atoms with E-state index in [0.29, 0.717) is 12.3 Å². The SMILES string of the molecule is CC1(CO/C(C(=O)NC2C=CC=C([I-]I)N2)=C(/C=N)N2CCNCC2)CC1. The van der Waals surface area contributed by atoms with Crippen molar-refractivity contribution in [2.24, 2.45) is 5.41 Å². The number of hydrogen-bond donors (Lipinski definition) is 4. The Bertz CT molecular complexity index is 667. The molecule has 0 spiro atoms. The van der Waals surface area contributed by atoms with Crippen LogP contribution in [-0.4, -0.2) is 56.0 Å². The van der Waals surface area contributed by atoms with Crippen molar-refractivity contribution in [1.82, 2.24) is 20.9 Å². The van der Waals surface area contributed by atoms with Crippen LogP contribution in [0.2, 0.25) is 0 Å². The van der Waals surface area contributed by atoms with Crippen molar-refractivity contribution in [1.29, 1.82) is 5.41 Å². The number of carbonyl (C=O) groups is 1. The number of piperazine rings is 1. The zero-order valence-corrected chi connectivity index (χ0v) is 19.7. The molecule has 9 heteroatoms. The van der Waals surface area contributed by atoms with Crippen molar-refractivity contribution >= 4 is 30.7 Å². The minimum atomic E-state index is -0.272. The van der Waals surface area contributed by atoms with E-state index >= 15 is 0 Å². The standard InChI is InChI=1S/C18H26I2N5O2/c1-18(5-6-18)12-27-16(13(11-21)25-9-7-22-8-10-25)17(26)24-15-4-2-3-14(20-19)23-15/h2-4,11,15,21-23H,5-10,12H2,1H3,(H,24,26)/q-1/b16-13-,21-11?. The molecule has 0 radical (unpaired) electrons. The fraction of sp³-hybridized carbons (Fsp3) is 0.556. The van der Waals surface area contributed by atoms with Gasteiger partial charge in [-0.05, 0) is 0 Å². The van der Waals surface area contributed by atoms with Crippen molar-refractivity contribution in [3.8, 4) is 0 Å². The van der Waals surface area contributed by atoms with Gasteiger partial charge in [0, 0.05) is 0 Å². The summed E-state index contributed by atoms with van der Waals surface area (Å²) >= 11 is 2.29. The van der Waals surface area contributed by atoms with Crippen LogP contribution in [0.15, 0.2) is 33.4 Å². The van der Waals surface area contributed by atoms with Gasteiger partial charge in [-0.15, -0.1) is 0 Å². The van der Waals surface area contributed by atoms with Crippen LogP contribution < -0.4 is 33.2 Å². The number of carbonyl (C=O) groups excluding carboxylic acids is 1. The van der Waals surface area contributed by atoms with Gasteiger partial charge in [0.05, 0.1) is 0 Å². The van der Waals surface area contributed by atoms with Crippen LogP contribution in [-0.2, 0) is 9.53 Å². The van der Waals surface area contributed by atoms with Crippen LogP contribution in [0.1, 0.15) is 19.8 Å². The predicted octanol–water partition coefficient (Wildman–Crippen LogP) is -1.55. The summed E-state index contributed by atoms with van der Waals surface area (Å²) in [6.45, 7) is 5.88. The van der Waals surface area contributed by atoms with Crippen LogP contribution >= 0.6 is 18.6 Å². The molecule has 150 valence electrons. The molecule has 0 aromatic carbocycles. The Morgan fingerprint density at radius 2 is 2.26 bits per heavy atom. The van der Waals surface area contributed by atoms with Gasteiger partial charge in [-0.1, -0.05) is 0 Å². The molecule has 0 bridgehead atoms. The van der Waals surface area contributed by atoms with Crippen molar-refractivity contribution < 1.29 is 26.8 Å². The third-order valence-electron chi connectivity index (χ3n) is 4.90. The molecule has 2 fully saturated rings. The van der Waals surface area contributed by atoms with Gasteiger partial charge < -0.3 is 0 Å². The molecule has 0 aromatic heterocycles. The van der Waals surface area contributed by atoms with Gasteiger partial charge in [0.1, 0.15) is 0 Å². The first kappa shape index (κ1) is 20.9. The van der Waals surface area contributed by atoms with E-state index in [1.165, 1.54) is 9.92 Å². The Balaban J connectivity index is 1.76. The first-order valence-electron chi connectivity index (χ1n) is 9.10. The summed E-state index contributed by atoms with van der Waals surface area (Å²) in [5.74, 6) is -0.0122. The molecule has 2 heterocycles. The van der Waals surface area contributed by atoms with Gasteiger partial charge in [-0.3, -0.25) is 0 Å². The Morgan fingerprint density at radius 1 is 1.52 bits per heavy atom. The second-order valence-corrected chi connectivity index (χ2v) is 11.6. The zero-order chi connectivity index (χ0) is 19.3. The second kappa shape index (κ2) is 9.59. The molecule has 2 aliphatic heterocycles. The fourth-order valence-corrected chi connectivity index (χ4v) is 5.40. The van der Waals surface area contributed by atoms with Gasteiger partial charge in [0.25, 0.3) is 0 Å². The Kier molecular flexibility index (Phi) is 7.42. The van der Waals surface area contributed by atoms with Crippen LogP contribution in [0.25, 0.3) is 0 Å². The van der Waals surface area contributed by atoms with Crippen LogP contribution in [0.4, 0.5) is 0 Å². The first-order valence-corrected chi connectivity index (χ1v) is 16.5. The summed E-state index contributed by atoms with van der Waals surface area (Å²) in [5.41, 5.74) is 0.724. The first-order chi connectivity index (χ1) is 13.0. The molecule has 4 N–H and O–H groups in total. The Morgan fingerprint density at radius 3 is 2.89 bits per heavy atom. The maximum atomic E-state index is 13.1. The van der Waals surface area contributed by atoms with Gasteiger partial charge in [0.2, 0.25) is 0 Å². The number of allylic oxidation sites excluding steroid dienone is 3. The third-order valence-corrected chi connectivity index (χ3v) is 8.96. The number of nitrogens with one attached hydrogen (secondary N) is 4. The maximum absolute atomic E-state index is 13.1. The van der Waals surface area contributed by atoms with E-state index in [9.17, 15) is 4.79 Å². The van der Waals surface area contributed by atoms with Crippen molar-refractivity contribution in [2.75, 3.05) is 32.8 Å². The van der Waals surface area contributed by atoms with Gasteiger partial charge in [0.15, 0.2) is 0 Å². The number of nitrogens with zero attached hydrogens (tertiary/aromatic N) is 1. The molecule has 3 rings (SSSR count). The number of halogens is 2. The van der Waals surface area contributed by atoms with Crippen LogP contribution in [0.3, 0.4) is 0 Å². The minimum absolute atomic E-state index is 0.101. The number of ether oxygens (including phenoxy) is 1. The fourth-order valence-electron chi connectivity index (χ4n) is 2.90. The van der Waals surface area contributed by atoms with Crippen LogP contribution in [0.5, 0.6) is 0 Å². The molecular weight excluding hydrogens is 572 g/mol. The molecule has 1 saturated carbocycles. The molecule has 7 nitrogen and oxygen atoms in total. The average Bonchev–Trinajstić information content (AvgIpc) is 3.43. The molecule has 1 amide bonds. The Labute approximate surface area is 180 Å². The van der Waals surface area contributed by atoms with Crippen molar-refractivity contribution in [3.63, 3.8) is 0 Å². The number of dihydropyridines is 1. The van der Waals surface area contributed by atoms with E-state index in [1.54, 1.807) is 0 Å². The molecule has 1 unspecified atom stereocenters. The summed E-state index contributed by atoms with van der Waals surface area (Å²) in [6, 6.07) is 0. The van der Waals surface area contributed by atoms with Gasteiger partial charge >= 0.3 is 181 Å². The third kappa shape index (κ3) is 5.83. The quantitative estimate of drug-likeness (QED) is 0.0895. The van der Waals surface area contributed by atoms with E-state index in [4.69, 9.17) is 10.1 Å². The zero-order valence-electron chi connectivity index (χ0n) is 15.4.